The minimum atomic E-state index is 0.292. The molecular weight excluding hydrogens is 190 g/mol. The molecule has 3 heteroatoms. The Morgan fingerprint density at radius 1 is 1.33 bits per heavy atom. The Morgan fingerprint density at radius 3 is 2.73 bits per heavy atom. The number of aromatic hydroxyl groups is 1. The van der Waals surface area contributed by atoms with Gasteiger partial charge < -0.3 is 14.7 Å². The van der Waals surface area contributed by atoms with Gasteiger partial charge in [-0.1, -0.05) is 6.07 Å². The Kier molecular flexibility index (Phi) is 4.43. The van der Waals surface area contributed by atoms with Crippen LogP contribution in [0.25, 0.3) is 0 Å². The Balaban J connectivity index is 2.41. The van der Waals surface area contributed by atoms with Gasteiger partial charge in [0.1, 0.15) is 11.5 Å². The number of benzene rings is 1. The number of ether oxygens (including phenoxy) is 1. The smallest absolute Gasteiger partial charge is 0.125 e. The summed E-state index contributed by atoms with van der Waals surface area (Å²) in [4.78, 5) is 2.12. The van der Waals surface area contributed by atoms with Crippen molar-refractivity contribution in [1.29, 1.82) is 0 Å². The first-order chi connectivity index (χ1) is 7.11. The molecule has 15 heavy (non-hydrogen) atoms. The molecule has 0 spiro atoms. The highest BCUT2D eigenvalue weighted by molar-refractivity contribution is 5.42. The number of phenols is 1. The van der Waals surface area contributed by atoms with E-state index in [2.05, 4.69) is 4.90 Å². The summed E-state index contributed by atoms with van der Waals surface area (Å²) in [6.45, 7) is 3.55. The highest BCUT2D eigenvalue weighted by Crippen LogP contribution is 2.25. The maximum atomic E-state index is 9.46. The molecule has 0 fully saturated rings. The lowest BCUT2D eigenvalue weighted by Gasteiger charge is -2.12. The molecule has 0 amide bonds. The molecule has 0 saturated carbocycles. The summed E-state index contributed by atoms with van der Waals surface area (Å²) in [5.74, 6) is 1.06. The average molecular weight is 209 g/mol. The summed E-state index contributed by atoms with van der Waals surface area (Å²) in [7, 11) is 4.08. The van der Waals surface area contributed by atoms with E-state index in [9.17, 15) is 5.11 Å². The maximum Gasteiger partial charge on any atom is 0.125 e. The molecule has 1 aromatic carbocycles. The number of phenolic OH excluding ortho intramolecular Hbond substituents is 1. The Hall–Kier alpha value is -1.22. The molecule has 84 valence electrons. The predicted molar refractivity (Wildman–Crippen MR) is 61.5 cm³/mol. The van der Waals surface area contributed by atoms with Crippen molar-refractivity contribution in [2.24, 2.45) is 0 Å². The molecule has 0 bridgehead atoms. The van der Waals surface area contributed by atoms with Gasteiger partial charge in [-0.2, -0.15) is 0 Å². The minimum absolute atomic E-state index is 0.292. The number of hydrogen-bond acceptors (Lipinski definition) is 3. The molecule has 3 nitrogen and oxygen atoms in total. The molecule has 1 rings (SSSR count). The predicted octanol–water partition coefficient (Wildman–Crippen LogP) is 2.03. The largest absolute Gasteiger partial charge is 0.508 e. The monoisotopic (exact) mass is 209 g/mol. The molecular formula is C12H19NO2. The fourth-order valence-corrected chi connectivity index (χ4v) is 1.32. The van der Waals surface area contributed by atoms with Crippen LogP contribution in [0.3, 0.4) is 0 Å². The highest BCUT2D eigenvalue weighted by atomic mass is 16.5. The van der Waals surface area contributed by atoms with Gasteiger partial charge in [0.25, 0.3) is 0 Å². The van der Waals surface area contributed by atoms with Crippen LogP contribution in [0, 0.1) is 6.92 Å². The van der Waals surface area contributed by atoms with Crippen molar-refractivity contribution in [2.45, 2.75) is 13.3 Å². The van der Waals surface area contributed by atoms with E-state index in [1.807, 2.05) is 27.1 Å². The van der Waals surface area contributed by atoms with Crippen molar-refractivity contribution in [3.8, 4) is 11.5 Å². The SMILES string of the molecule is Cc1c(O)cccc1OCCCN(C)C. The quantitative estimate of drug-likeness (QED) is 0.753. The molecule has 0 atom stereocenters. The highest BCUT2D eigenvalue weighted by Gasteiger charge is 2.02. The lowest BCUT2D eigenvalue weighted by molar-refractivity contribution is 0.279. The van der Waals surface area contributed by atoms with Crippen LogP contribution in [0.5, 0.6) is 11.5 Å². The summed E-state index contributed by atoms with van der Waals surface area (Å²) >= 11 is 0. The van der Waals surface area contributed by atoms with Gasteiger partial charge in [0.15, 0.2) is 0 Å². The Morgan fingerprint density at radius 2 is 2.07 bits per heavy atom. The van der Waals surface area contributed by atoms with Crippen molar-refractivity contribution < 1.29 is 9.84 Å². The Bertz CT molecular complexity index is 310. The van der Waals surface area contributed by atoms with Gasteiger partial charge in [-0.05, 0) is 39.6 Å². The third kappa shape index (κ3) is 3.80. The zero-order valence-corrected chi connectivity index (χ0v) is 9.66. The van der Waals surface area contributed by atoms with E-state index in [1.54, 1.807) is 12.1 Å². The second kappa shape index (κ2) is 5.61. The standard InChI is InChI=1S/C12H19NO2/c1-10-11(14)6-4-7-12(10)15-9-5-8-13(2)3/h4,6-7,14H,5,8-9H2,1-3H3. The second-order valence-electron chi connectivity index (χ2n) is 3.91. The van der Waals surface area contributed by atoms with Crippen LogP contribution in [0.4, 0.5) is 0 Å². The first-order valence-electron chi connectivity index (χ1n) is 5.17. The molecule has 0 radical (unpaired) electrons. The van der Waals surface area contributed by atoms with Crippen LogP contribution >= 0.6 is 0 Å². The van der Waals surface area contributed by atoms with Crippen LogP contribution in [-0.2, 0) is 0 Å². The van der Waals surface area contributed by atoms with E-state index in [4.69, 9.17) is 4.74 Å². The van der Waals surface area contributed by atoms with Crippen LogP contribution in [0.2, 0.25) is 0 Å². The van der Waals surface area contributed by atoms with E-state index >= 15 is 0 Å². The van der Waals surface area contributed by atoms with E-state index in [1.165, 1.54) is 0 Å². The summed E-state index contributed by atoms with van der Waals surface area (Å²) in [6, 6.07) is 5.34. The molecule has 0 saturated heterocycles. The molecule has 0 heterocycles. The van der Waals surface area contributed by atoms with Gasteiger partial charge >= 0.3 is 0 Å². The van der Waals surface area contributed by atoms with Crippen molar-refractivity contribution in [3.05, 3.63) is 23.8 Å². The third-order valence-electron chi connectivity index (χ3n) is 2.26. The summed E-state index contributed by atoms with van der Waals surface area (Å²) < 4.78 is 5.58. The fourth-order valence-electron chi connectivity index (χ4n) is 1.32. The summed E-state index contributed by atoms with van der Waals surface area (Å²) in [5.41, 5.74) is 0.808. The van der Waals surface area contributed by atoms with Crippen LogP contribution in [0.15, 0.2) is 18.2 Å². The van der Waals surface area contributed by atoms with E-state index in [0.717, 1.165) is 24.3 Å². The molecule has 0 aliphatic heterocycles. The summed E-state index contributed by atoms with van der Waals surface area (Å²) in [6.07, 6.45) is 0.988. The Labute approximate surface area is 91.3 Å². The van der Waals surface area contributed by atoms with E-state index < -0.39 is 0 Å². The van der Waals surface area contributed by atoms with Crippen LogP contribution in [-0.4, -0.2) is 37.3 Å². The average Bonchev–Trinajstić information content (AvgIpc) is 2.18. The van der Waals surface area contributed by atoms with Gasteiger partial charge in [-0.25, -0.2) is 0 Å². The van der Waals surface area contributed by atoms with Crippen LogP contribution < -0.4 is 4.74 Å². The number of hydrogen-bond donors (Lipinski definition) is 1. The summed E-state index contributed by atoms with van der Waals surface area (Å²) in [5, 5.41) is 9.46. The maximum absolute atomic E-state index is 9.46. The van der Waals surface area contributed by atoms with Crippen molar-refractivity contribution >= 4 is 0 Å². The molecule has 1 aromatic rings. The number of rotatable bonds is 5. The molecule has 1 N–H and O–H groups in total. The van der Waals surface area contributed by atoms with Crippen molar-refractivity contribution in [3.63, 3.8) is 0 Å². The third-order valence-corrected chi connectivity index (χ3v) is 2.26. The van der Waals surface area contributed by atoms with E-state index in [-0.39, 0.29) is 0 Å². The zero-order chi connectivity index (χ0) is 11.3. The van der Waals surface area contributed by atoms with Gasteiger partial charge in [0.05, 0.1) is 6.61 Å². The lowest BCUT2D eigenvalue weighted by atomic mass is 10.2. The van der Waals surface area contributed by atoms with Gasteiger partial charge in [0.2, 0.25) is 0 Å². The molecule has 0 aromatic heterocycles. The topological polar surface area (TPSA) is 32.7 Å². The van der Waals surface area contributed by atoms with Crippen molar-refractivity contribution in [2.75, 3.05) is 27.2 Å². The molecule has 0 aliphatic carbocycles. The first kappa shape index (κ1) is 11.9. The normalized spacial score (nSPS) is 10.7. The number of nitrogens with zero attached hydrogens (tertiary/aromatic N) is 1. The minimum Gasteiger partial charge on any atom is -0.508 e. The van der Waals surface area contributed by atoms with Crippen molar-refractivity contribution in [1.82, 2.24) is 4.90 Å². The van der Waals surface area contributed by atoms with Crippen LogP contribution in [0.1, 0.15) is 12.0 Å². The van der Waals surface area contributed by atoms with E-state index in [0.29, 0.717) is 12.4 Å². The first-order valence-corrected chi connectivity index (χ1v) is 5.17. The molecule has 0 aliphatic rings. The lowest BCUT2D eigenvalue weighted by Crippen LogP contribution is -2.15. The second-order valence-corrected chi connectivity index (χ2v) is 3.91. The van der Waals surface area contributed by atoms with Gasteiger partial charge in [0, 0.05) is 12.1 Å². The van der Waals surface area contributed by atoms with Gasteiger partial charge in [-0.3, -0.25) is 0 Å². The van der Waals surface area contributed by atoms with Gasteiger partial charge in [-0.15, -0.1) is 0 Å². The zero-order valence-electron chi connectivity index (χ0n) is 9.66. The fraction of sp³-hybridized carbons (Fsp3) is 0.500. The molecule has 0 unspecified atom stereocenters.